The highest BCUT2D eigenvalue weighted by atomic mass is 79.9. The molecule has 1 saturated heterocycles. The van der Waals surface area contributed by atoms with E-state index >= 15 is 4.39 Å². The summed E-state index contributed by atoms with van der Waals surface area (Å²) >= 11 is 6.24. The van der Waals surface area contributed by atoms with Crippen molar-refractivity contribution in [2.24, 2.45) is 10.8 Å². The Hall–Kier alpha value is 1.04. The third kappa shape index (κ3) is 5.14. The van der Waals surface area contributed by atoms with Crippen LogP contribution < -0.4 is 0 Å². The van der Waals surface area contributed by atoms with Gasteiger partial charge in [-0.05, 0) is 68.4 Å². The maximum Gasteiger partial charge on any atom is 0.296 e. The van der Waals surface area contributed by atoms with Gasteiger partial charge in [-0.2, -0.15) is 0 Å². The molecule has 2 rings (SSSR count). The summed E-state index contributed by atoms with van der Waals surface area (Å²) in [5, 5.41) is 0. The van der Waals surface area contributed by atoms with E-state index in [1.54, 1.807) is 0 Å². The Kier molecular flexibility index (Phi) is 7.22. The highest BCUT2D eigenvalue weighted by Gasteiger charge is 2.63. The van der Waals surface area contributed by atoms with E-state index in [2.05, 4.69) is 73.4 Å². The van der Waals surface area contributed by atoms with Crippen LogP contribution in [0.4, 0.5) is 4.39 Å². The fraction of sp³-hybridized carbons (Fsp3) is 1.00. The standard InChI is InChI=1S/C19H36Br2FN2OP/c1-17(2,3)11-13-23-15-9-7-8-10-16(15)24(14-12-18(4,5)6)26(23,25)19(20,21)22/h15-16H,7-14H2,1-6H3/t15-,16-/m1/s1. The fourth-order valence-corrected chi connectivity index (χ4v) is 9.54. The van der Waals surface area contributed by atoms with Gasteiger partial charge in [0.15, 0.2) is 0 Å². The van der Waals surface area contributed by atoms with Crippen molar-refractivity contribution in [3.05, 3.63) is 0 Å². The summed E-state index contributed by atoms with van der Waals surface area (Å²) in [6, 6.07) is 0.393. The number of nitrogens with zero attached hydrogens (tertiary/aromatic N) is 2. The molecule has 1 aliphatic carbocycles. The highest BCUT2D eigenvalue weighted by Crippen LogP contribution is 2.75. The average Bonchev–Trinajstić information content (AvgIpc) is 2.70. The molecule has 0 spiro atoms. The Morgan fingerprint density at radius 3 is 1.50 bits per heavy atom. The van der Waals surface area contributed by atoms with E-state index in [4.69, 9.17) is 0 Å². The number of hydrogen-bond acceptors (Lipinski definition) is 1. The molecule has 0 radical (unpaired) electrons. The average molecular weight is 518 g/mol. The molecule has 1 saturated carbocycles. The minimum Gasteiger partial charge on any atom is -0.283 e. The van der Waals surface area contributed by atoms with Crippen molar-refractivity contribution in [3.63, 3.8) is 0 Å². The van der Waals surface area contributed by atoms with Gasteiger partial charge in [0.1, 0.15) is 0 Å². The van der Waals surface area contributed by atoms with Crippen LogP contribution in [0.25, 0.3) is 0 Å². The van der Waals surface area contributed by atoms with E-state index in [1.165, 1.54) is 0 Å². The first-order valence-electron chi connectivity index (χ1n) is 9.88. The van der Waals surface area contributed by atoms with Crippen LogP contribution in [-0.2, 0) is 4.57 Å². The molecule has 0 bridgehead atoms. The lowest BCUT2D eigenvalue weighted by atomic mass is 9.88. The van der Waals surface area contributed by atoms with Gasteiger partial charge in [0.2, 0.25) is 0 Å². The van der Waals surface area contributed by atoms with E-state index in [9.17, 15) is 4.57 Å². The van der Waals surface area contributed by atoms with Gasteiger partial charge in [0.05, 0.1) is 0 Å². The maximum atomic E-state index is 15.3. The summed E-state index contributed by atoms with van der Waals surface area (Å²) in [6.07, 6.45) is 6.13. The smallest absolute Gasteiger partial charge is 0.283 e. The number of rotatable bonds is 5. The summed E-state index contributed by atoms with van der Waals surface area (Å²) < 4.78 is 31.6. The molecule has 1 aliphatic heterocycles. The van der Waals surface area contributed by atoms with Gasteiger partial charge in [0, 0.05) is 25.2 Å². The molecule has 7 heteroatoms. The van der Waals surface area contributed by atoms with Gasteiger partial charge in [0.25, 0.3) is 10.7 Å². The number of fused-ring (bicyclic) bond motifs is 1. The van der Waals surface area contributed by atoms with Gasteiger partial charge in [-0.25, -0.2) is 13.7 Å². The van der Waals surface area contributed by atoms with Crippen molar-refractivity contribution in [2.75, 3.05) is 13.1 Å². The van der Waals surface area contributed by atoms with E-state index in [-0.39, 0.29) is 22.9 Å². The second kappa shape index (κ2) is 8.05. The number of halogens is 3. The molecule has 3 nitrogen and oxygen atoms in total. The molecule has 0 amide bonds. The van der Waals surface area contributed by atoms with Crippen molar-refractivity contribution in [3.8, 4) is 0 Å². The summed E-state index contributed by atoms with van der Waals surface area (Å²) in [5.74, 6) is 0. The fourth-order valence-electron chi connectivity index (χ4n) is 4.13. The molecule has 0 unspecified atom stereocenters. The number of hydrogen-bond donors (Lipinski definition) is 0. The Morgan fingerprint density at radius 2 is 1.23 bits per heavy atom. The molecule has 1 heterocycles. The van der Waals surface area contributed by atoms with Crippen molar-refractivity contribution in [2.45, 2.75) is 95.4 Å². The zero-order valence-electron chi connectivity index (χ0n) is 17.2. The third-order valence-electron chi connectivity index (χ3n) is 5.67. The lowest BCUT2D eigenvalue weighted by molar-refractivity contribution is 0.183. The predicted molar refractivity (Wildman–Crippen MR) is 117 cm³/mol. The molecule has 2 atom stereocenters. The van der Waals surface area contributed by atoms with E-state index in [1.807, 2.05) is 9.34 Å². The molecule has 0 aromatic heterocycles. The third-order valence-corrected chi connectivity index (χ3v) is 11.5. The maximum absolute atomic E-state index is 15.3. The SMILES string of the molecule is CC(C)(C)CCN1[C@@H]2CCCC[C@H]2N(CCC(C)(C)C)P1(=O)C(F)(Br)Br. The van der Waals surface area contributed by atoms with E-state index in [0.717, 1.165) is 38.5 Å². The normalized spacial score (nSPS) is 28.3. The van der Waals surface area contributed by atoms with Crippen molar-refractivity contribution in [1.82, 2.24) is 9.34 Å². The van der Waals surface area contributed by atoms with Crippen molar-refractivity contribution >= 4 is 39.3 Å². The van der Waals surface area contributed by atoms with Crippen LogP contribution in [0.3, 0.4) is 0 Å². The van der Waals surface area contributed by atoms with Crippen LogP contribution in [0, 0.1) is 10.8 Å². The second-order valence-corrected chi connectivity index (χ2v) is 17.6. The summed E-state index contributed by atoms with van der Waals surface area (Å²) in [7, 11) is -3.42. The monoisotopic (exact) mass is 516 g/mol. The largest absolute Gasteiger partial charge is 0.296 e. The van der Waals surface area contributed by atoms with E-state index in [0.29, 0.717) is 13.1 Å². The molecule has 0 aromatic rings. The van der Waals surface area contributed by atoms with Gasteiger partial charge in [-0.1, -0.05) is 54.4 Å². The van der Waals surface area contributed by atoms with Crippen molar-refractivity contribution < 1.29 is 8.96 Å². The molecule has 0 N–H and O–H groups in total. The molecule has 2 fully saturated rings. The molecular formula is C19H36Br2FN2OP. The first-order chi connectivity index (χ1) is 11.7. The van der Waals surface area contributed by atoms with Gasteiger partial charge in [-0.15, -0.1) is 0 Å². The molecule has 154 valence electrons. The van der Waals surface area contributed by atoms with Gasteiger partial charge < -0.3 is 0 Å². The Morgan fingerprint density at radius 1 is 0.885 bits per heavy atom. The predicted octanol–water partition coefficient (Wildman–Crippen LogP) is 7.35. The molecular weight excluding hydrogens is 482 g/mol. The molecule has 0 aromatic carbocycles. The quantitative estimate of drug-likeness (QED) is 0.281. The Labute approximate surface area is 176 Å². The van der Waals surface area contributed by atoms with Crippen LogP contribution in [0.2, 0.25) is 0 Å². The topological polar surface area (TPSA) is 23.6 Å². The van der Waals surface area contributed by atoms with Crippen LogP contribution >= 0.6 is 39.3 Å². The minimum absolute atomic E-state index is 0.130. The molecule has 2 aliphatic rings. The lowest BCUT2D eigenvalue weighted by Gasteiger charge is -2.37. The highest BCUT2D eigenvalue weighted by molar-refractivity contribution is 9.27. The number of alkyl halides is 3. The molecule has 26 heavy (non-hydrogen) atoms. The zero-order valence-corrected chi connectivity index (χ0v) is 21.3. The Balaban J connectivity index is 2.39. The van der Waals surface area contributed by atoms with E-state index < -0.39 is 10.7 Å². The first-order valence-corrected chi connectivity index (χ1v) is 13.1. The van der Waals surface area contributed by atoms with Crippen molar-refractivity contribution in [1.29, 1.82) is 0 Å². The zero-order chi connectivity index (χ0) is 20.0. The van der Waals surface area contributed by atoms with Crippen LogP contribution in [0.1, 0.15) is 80.1 Å². The van der Waals surface area contributed by atoms with Crippen LogP contribution in [-0.4, -0.2) is 37.7 Å². The summed E-state index contributed by atoms with van der Waals surface area (Å²) in [4.78, 5) is 0. The van der Waals surface area contributed by atoms with Crippen LogP contribution in [0.15, 0.2) is 0 Å². The summed E-state index contributed by atoms with van der Waals surface area (Å²) in [6.45, 7) is 14.5. The Bertz CT molecular complexity index is 501. The van der Waals surface area contributed by atoms with Crippen LogP contribution in [0.5, 0.6) is 0 Å². The van der Waals surface area contributed by atoms with Gasteiger partial charge >= 0.3 is 0 Å². The summed E-state index contributed by atoms with van der Waals surface area (Å²) in [5.41, 5.74) is 0.261. The lowest BCUT2D eigenvalue weighted by Crippen LogP contribution is -2.41. The second-order valence-electron chi connectivity index (χ2n) is 10.4. The minimum atomic E-state index is -3.42. The first kappa shape index (κ1) is 23.3. The van der Waals surface area contributed by atoms with Gasteiger partial charge in [-0.3, -0.25) is 4.57 Å².